The van der Waals surface area contributed by atoms with Crippen LogP contribution in [0, 0.1) is 0 Å². The highest BCUT2D eigenvalue weighted by Crippen LogP contribution is 2.31. The molecule has 0 saturated heterocycles. The molecule has 4 rings (SSSR count). The van der Waals surface area contributed by atoms with E-state index in [9.17, 15) is 9.59 Å². The molecule has 5 heteroatoms. The van der Waals surface area contributed by atoms with Crippen LogP contribution in [0.25, 0.3) is 32.9 Å². The fraction of sp³-hybridized carbons (Fsp3) is 0.0909. The van der Waals surface area contributed by atoms with Crippen LogP contribution in [0.5, 0.6) is 0 Å². The zero-order valence-electron chi connectivity index (χ0n) is 14.8. The van der Waals surface area contributed by atoms with Gasteiger partial charge in [0, 0.05) is 10.5 Å². The van der Waals surface area contributed by atoms with Crippen molar-refractivity contribution in [2.45, 2.75) is 4.90 Å². The van der Waals surface area contributed by atoms with Crippen molar-refractivity contribution in [2.75, 3.05) is 13.4 Å². The second-order valence-corrected chi connectivity index (χ2v) is 6.90. The number of esters is 1. The minimum atomic E-state index is -0.692. The Morgan fingerprint density at radius 2 is 1.70 bits per heavy atom. The van der Waals surface area contributed by atoms with Crippen LogP contribution in [0.1, 0.15) is 10.4 Å². The average Bonchev–Trinajstić information content (AvgIpc) is 2.72. The van der Waals surface area contributed by atoms with E-state index in [-0.39, 0.29) is 5.56 Å². The molecule has 3 aromatic carbocycles. The monoisotopic (exact) mass is 376 g/mol. The predicted molar refractivity (Wildman–Crippen MR) is 109 cm³/mol. The third kappa shape index (κ3) is 3.00. The van der Waals surface area contributed by atoms with Gasteiger partial charge in [-0.3, -0.25) is 0 Å². The fourth-order valence-electron chi connectivity index (χ4n) is 3.23. The molecule has 0 spiro atoms. The van der Waals surface area contributed by atoms with E-state index < -0.39 is 11.6 Å². The van der Waals surface area contributed by atoms with Gasteiger partial charge in [-0.05, 0) is 39.9 Å². The SMILES string of the molecule is COC(=O)c1c(SC)cc(-c2ccc3c(ccc4ccccc43)c2)oc1=O. The summed E-state index contributed by atoms with van der Waals surface area (Å²) in [5.41, 5.74) is 0.0180. The number of hydrogen-bond acceptors (Lipinski definition) is 5. The molecule has 0 aliphatic heterocycles. The third-order valence-corrected chi connectivity index (χ3v) is 5.32. The zero-order chi connectivity index (χ0) is 19.0. The zero-order valence-corrected chi connectivity index (χ0v) is 15.6. The molecule has 0 radical (unpaired) electrons. The van der Waals surface area contributed by atoms with Crippen molar-refractivity contribution < 1.29 is 13.9 Å². The Hall–Kier alpha value is -3.05. The van der Waals surface area contributed by atoms with Crippen LogP contribution in [0.3, 0.4) is 0 Å². The molecule has 134 valence electrons. The van der Waals surface area contributed by atoms with Crippen molar-refractivity contribution >= 4 is 39.3 Å². The summed E-state index contributed by atoms with van der Waals surface area (Å²) in [4.78, 5) is 24.8. The van der Waals surface area contributed by atoms with E-state index in [1.165, 1.54) is 29.6 Å². The van der Waals surface area contributed by atoms with Gasteiger partial charge in [-0.15, -0.1) is 11.8 Å². The Morgan fingerprint density at radius 1 is 0.963 bits per heavy atom. The first-order chi connectivity index (χ1) is 13.1. The molecule has 0 N–H and O–H groups in total. The molecule has 0 aliphatic rings. The van der Waals surface area contributed by atoms with E-state index in [0.29, 0.717) is 10.7 Å². The Bertz CT molecular complexity index is 1240. The Balaban J connectivity index is 1.89. The summed E-state index contributed by atoms with van der Waals surface area (Å²) in [6.45, 7) is 0. The van der Waals surface area contributed by atoms with Crippen molar-refractivity contribution in [1.82, 2.24) is 0 Å². The van der Waals surface area contributed by atoms with E-state index in [0.717, 1.165) is 16.3 Å². The molecule has 0 saturated carbocycles. The quantitative estimate of drug-likeness (QED) is 0.282. The normalized spacial score (nSPS) is 11.0. The van der Waals surface area contributed by atoms with Crippen molar-refractivity contribution in [3.8, 4) is 11.3 Å². The van der Waals surface area contributed by atoms with Crippen molar-refractivity contribution in [2.24, 2.45) is 0 Å². The predicted octanol–water partition coefficient (Wildman–Crippen LogP) is 5.12. The number of hydrogen-bond donors (Lipinski definition) is 0. The third-order valence-electron chi connectivity index (χ3n) is 4.55. The largest absolute Gasteiger partial charge is 0.465 e. The number of fused-ring (bicyclic) bond motifs is 3. The standard InChI is InChI=1S/C22H16O4S/c1-25-21(23)20-19(27-2)12-18(26-22(20)24)15-9-10-17-14(11-15)8-7-13-5-3-4-6-16(13)17/h3-12H,1-2H3. The maximum atomic E-state index is 12.4. The summed E-state index contributed by atoms with van der Waals surface area (Å²) in [6, 6.07) is 20.0. The van der Waals surface area contributed by atoms with Crippen LogP contribution in [0.4, 0.5) is 0 Å². The number of thioether (sulfide) groups is 1. The summed E-state index contributed by atoms with van der Waals surface area (Å²) in [5.74, 6) is -0.267. The van der Waals surface area contributed by atoms with Crippen LogP contribution in [0.2, 0.25) is 0 Å². The Kier molecular flexibility index (Phi) is 4.46. The van der Waals surface area contributed by atoms with E-state index in [1.807, 2.05) is 30.3 Å². The molecule has 0 amide bonds. The number of carbonyl (C=O) groups excluding carboxylic acids is 1. The first kappa shape index (κ1) is 17.4. The van der Waals surface area contributed by atoms with Gasteiger partial charge in [0.15, 0.2) is 5.56 Å². The van der Waals surface area contributed by atoms with Crippen molar-refractivity contribution in [3.63, 3.8) is 0 Å². The van der Waals surface area contributed by atoms with Crippen LogP contribution >= 0.6 is 11.8 Å². The lowest BCUT2D eigenvalue weighted by Gasteiger charge is -2.09. The second-order valence-electron chi connectivity index (χ2n) is 6.06. The Labute approximate surface area is 159 Å². The van der Waals surface area contributed by atoms with E-state index in [1.54, 1.807) is 12.3 Å². The van der Waals surface area contributed by atoms with Gasteiger partial charge in [0.05, 0.1) is 7.11 Å². The fourth-order valence-corrected chi connectivity index (χ4v) is 3.82. The van der Waals surface area contributed by atoms with Gasteiger partial charge in [0.25, 0.3) is 0 Å². The molecule has 0 atom stereocenters. The highest BCUT2D eigenvalue weighted by atomic mass is 32.2. The maximum absolute atomic E-state index is 12.4. The van der Waals surface area contributed by atoms with Gasteiger partial charge in [0.1, 0.15) is 5.76 Å². The molecule has 0 fully saturated rings. The van der Waals surface area contributed by atoms with E-state index in [4.69, 9.17) is 9.15 Å². The summed E-state index contributed by atoms with van der Waals surface area (Å²) in [6.07, 6.45) is 1.80. The molecule has 0 unspecified atom stereocenters. The lowest BCUT2D eigenvalue weighted by atomic mass is 9.99. The molecule has 4 nitrogen and oxygen atoms in total. The summed E-state index contributed by atoms with van der Waals surface area (Å²) >= 11 is 1.31. The smallest absolute Gasteiger partial charge is 0.352 e. The van der Waals surface area contributed by atoms with Crippen LogP contribution in [-0.4, -0.2) is 19.3 Å². The molecular weight excluding hydrogens is 360 g/mol. The summed E-state index contributed by atoms with van der Waals surface area (Å²) in [7, 11) is 1.24. The first-order valence-corrected chi connectivity index (χ1v) is 9.57. The molecule has 27 heavy (non-hydrogen) atoms. The first-order valence-electron chi connectivity index (χ1n) is 8.34. The molecule has 0 aliphatic carbocycles. The minimum absolute atomic E-state index is 0.0690. The van der Waals surface area contributed by atoms with Gasteiger partial charge in [0.2, 0.25) is 0 Å². The highest BCUT2D eigenvalue weighted by molar-refractivity contribution is 7.98. The van der Waals surface area contributed by atoms with Gasteiger partial charge >= 0.3 is 11.6 Å². The maximum Gasteiger partial charge on any atom is 0.352 e. The molecule has 1 heterocycles. The van der Waals surface area contributed by atoms with Gasteiger partial charge in [-0.1, -0.05) is 48.5 Å². The van der Waals surface area contributed by atoms with E-state index in [2.05, 4.69) is 24.3 Å². The molecule has 4 aromatic rings. The number of methoxy groups -OCH3 is 1. The van der Waals surface area contributed by atoms with Gasteiger partial charge < -0.3 is 9.15 Å². The van der Waals surface area contributed by atoms with Crippen molar-refractivity contribution in [1.29, 1.82) is 0 Å². The van der Waals surface area contributed by atoms with Crippen LogP contribution in [-0.2, 0) is 4.74 Å². The van der Waals surface area contributed by atoms with Crippen LogP contribution in [0.15, 0.2) is 74.8 Å². The number of benzene rings is 3. The second kappa shape index (κ2) is 6.93. The molecule has 1 aromatic heterocycles. The van der Waals surface area contributed by atoms with Gasteiger partial charge in [-0.2, -0.15) is 0 Å². The van der Waals surface area contributed by atoms with Crippen LogP contribution < -0.4 is 5.63 Å². The molecule has 0 bridgehead atoms. The number of ether oxygens (including phenoxy) is 1. The minimum Gasteiger partial charge on any atom is -0.465 e. The highest BCUT2D eigenvalue weighted by Gasteiger charge is 2.20. The Morgan fingerprint density at radius 3 is 2.48 bits per heavy atom. The molecular formula is C22H16O4S. The van der Waals surface area contributed by atoms with Crippen molar-refractivity contribution in [3.05, 3.63) is 76.6 Å². The number of carbonyl (C=O) groups is 1. The topological polar surface area (TPSA) is 56.5 Å². The lowest BCUT2D eigenvalue weighted by Crippen LogP contribution is -2.17. The van der Waals surface area contributed by atoms with E-state index >= 15 is 0 Å². The number of rotatable bonds is 3. The lowest BCUT2D eigenvalue weighted by molar-refractivity contribution is 0.0591. The van der Waals surface area contributed by atoms with Gasteiger partial charge in [-0.25, -0.2) is 9.59 Å². The summed E-state index contributed by atoms with van der Waals surface area (Å²) in [5, 5.41) is 4.54. The average molecular weight is 376 g/mol. The summed E-state index contributed by atoms with van der Waals surface area (Å²) < 4.78 is 10.1.